The lowest BCUT2D eigenvalue weighted by molar-refractivity contribution is 0.166. The van der Waals surface area contributed by atoms with Gasteiger partial charge in [-0.25, -0.2) is 0 Å². The van der Waals surface area contributed by atoms with Gasteiger partial charge in [0.05, 0.1) is 0 Å². The van der Waals surface area contributed by atoms with Gasteiger partial charge in [-0.15, -0.1) is 0 Å². The van der Waals surface area contributed by atoms with Crippen LogP contribution in [0.15, 0.2) is 0 Å². The first-order valence-corrected chi connectivity index (χ1v) is 8.35. The van der Waals surface area contributed by atoms with Gasteiger partial charge in [0.2, 0.25) is 0 Å². The molecule has 0 aromatic heterocycles. The van der Waals surface area contributed by atoms with Crippen molar-refractivity contribution in [2.24, 2.45) is 0 Å². The van der Waals surface area contributed by atoms with Gasteiger partial charge in [0.25, 0.3) is 0 Å². The van der Waals surface area contributed by atoms with Crippen LogP contribution in [0.5, 0.6) is 0 Å². The normalized spacial score (nSPS) is 42.9. The zero-order valence-corrected chi connectivity index (χ0v) is 11.9. The minimum Gasteiger partial charge on any atom is -0.313 e. The number of rotatable bonds is 3. The van der Waals surface area contributed by atoms with Gasteiger partial charge in [-0.2, -0.15) is 11.8 Å². The molecular weight excluding hydrogens is 228 g/mol. The number of piperidine rings is 1. The van der Waals surface area contributed by atoms with Gasteiger partial charge in [-0.3, -0.25) is 0 Å². The average molecular weight is 254 g/mol. The molecule has 3 heterocycles. The molecule has 0 aromatic rings. The van der Waals surface area contributed by atoms with Crippen molar-refractivity contribution in [2.75, 3.05) is 25.4 Å². The molecular formula is C14H26N2S. The standard InChI is InChI=1S/C14H26N2S/c1-14(6-3-9-17-14)11-15-12-5-8-16-7-2-4-13(16)10-12/h12-13,15H,2-11H2,1H3. The number of fused-ring (bicyclic) bond motifs is 1. The Morgan fingerprint density at radius 1 is 1.29 bits per heavy atom. The molecule has 1 N–H and O–H groups in total. The molecule has 0 radical (unpaired) electrons. The topological polar surface area (TPSA) is 15.3 Å². The van der Waals surface area contributed by atoms with Crippen LogP contribution in [0.25, 0.3) is 0 Å². The molecule has 98 valence electrons. The molecule has 3 aliphatic rings. The second-order valence-electron chi connectivity index (χ2n) is 6.34. The summed E-state index contributed by atoms with van der Waals surface area (Å²) in [5.74, 6) is 1.37. The van der Waals surface area contributed by atoms with E-state index in [4.69, 9.17) is 0 Å². The van der Waals surface area contributed by atoms with E-state index in [1.54, 1.807) is 0 Å². The molecule has 3 heteroatoms. The fraction of sp³-hybridized carbons (Fsp3) is 1.00. The van der Waals surface area contributed by atoms with Gasteiger partial charge in [0.1, 0.15) is 0 Å². The summed E-state index contributed by atoms with van der Waals surface area (Å²) >= 11 is 2.18. The van der Waals surface area contributed by atoms with Crippen molar-refractivity contribution in [2.45, 2.75) is 62.3 Å². The summed E-state index contributed by atoms with van der Waals surface area (Å²) in [6, 6.07) is 1.71. The van der Waals surface area contributed by atoms with E-state index in [-0.39, 0.29) is 0 Å². The van der Waals surface area contributed by atoms with Crippen LogP contribution in [0.2, 0.25) is 0 Å². The first-order valence-electron chi connectivity index (χ1n) is 7.37. The van der Waals surface area contributed by atoms with Crippen molar-refractivity contribution in [1.82, 2.24) is 10.2 Å². The quantitative estimate of drug-likeness (QED) is 0.833. The predicted molar refractivity (Wildman–Crippen MR) is 75.7 cm³/mol. The molecule has 3 fully saturated rings. The summed E-state index contributed by atoms with van der Waals surface area (Å²) in [6.07, 6.45) is 8.49. The first-order chi connectivity index (χ1) is 8.25. The number of thioether (sulfide) groups is 1. The van der Waals surface area contributed by atoms with E-state index in [0.29, 0.717) is 4.75 Å². The summed E-state index contributed by atoms with van der Waals surface area (Å²) in [4.78, 5) is 2.71. The highest BCUT2D eigenvalue weighted by Crippen LogP contribution is 2.37. The summed E-state index contributed by atoms with van der Waals surface area (Å²) in [7, 11) is 0. The van der Waals surface area contributed by atoms with Crippen molar-refractivity contribution >= 4 is 11.8 Å². The Hall–Kier alpha value is 0.270. The van der Waals surface area contributed by atoms with Crippen LogP contribution in [0, 0.1) is 0 Å². The smallest absolute Gasteiger partial charge is 0.0256 e. The third-order valence-electron chi connectivity index (χ3n) is 4.89. The highest BCUT2D eigenvalue weighted by Gasteiger charge is 2.34. The van der Waals surface area contributed by atoms with Crippen LogP contribution in [-0.2, 0) is 0 Å². The minimum atomic E-state index is 0.535. The molecule has 0 bridgehead atoms. The van der Waals surface area contributed by atoms with Gasteiger partial charge in [0.15, 0.2) is 0 Å². The van der Waals surface area contributed by atoms with E-state index < -0.39 is 0 Å². The number of hydrogen-bond acceptors (Lipinski definition) is 3. The van der Waals surface area contributed by atoms with Crippen LogP contribution in [0.1, 0.15) is 45.4 Å². The second kappa shape index (κ2) is 5.10. The van der Waals surface area contributed by atoms with E-state index >= 15 is 0 Å². The molecule has 0 spiro atoms. The van der Waals surface area contributed by atoms with E-state index in [9.17, 15) is 0 Å². The van der Waals surface area contributed by atoms with Crippen molar-refractivity contribution < 1.29 is 0 Å². The van der Waals surface area contributed by atoms with Crippen molar-refractivity contribution in [3.8, 4) is 0 Å². The van der Waals surface area contributed by atoms with Gasteiger partial charge in [-0.05, 0) is 64.3 Å². The van der Waals surface area contributed by atoms with E-state index in [0.717, 1.165) is 12.1 Å². The third-order valence-corrected chi connectivity index (χ3v) is 6.42. The Bertz CT molecular complexity index is 263. The zero-order chi connectivity index (χ0) is 11.7. The average Bonchev–Trinajstić information content (AvgIpc) is 2.95. The van der Waals surface area contributed by atoms with Crippen molar-refractivity contribution in [3.63, 3.8) is 0 Å². The summed E-state index contributed by atoms with van der Waals surface area (Å²) in [6.45, 7) is 6.38. The summed E-state index contributed by atoms with van der Waals surface area (Å²) < 4.78 is 0.535. The maximum absolute atomic E-state index is 3.87. The van der Waals surface area contributed by atoms with Gasteiger partial charge >= 0.3 is 0 Å². The molecule has 17 heavy (non-hydrogen) atoms. The van der Waals surface area contributed by atoms with Gasteiger partial charge in [0, 0.05) is 23.4 Å². The maximum Gasteiger partial charge on any atom is 0.0256 e. The monoisotopic (exact) mass is 254 g/mol. The molecule has 3 unspecified atom stereocenters. The number of nitrogens with zero attached hydrogens (tertiary/aromatic N) is 1. The van der Waals surface area contributed by atoms with Crippen molar-refractivity contribution in [1.29, 1.82) is 0 Å². The Labute approximate surface area is 110 Å². The molecule has 0 amide bonds. The first kappa shape index (κ1) is 12.3. The molecule has 0 aromatic carbocycles. The Balaban J connectivity index is 1.46. The molecule has 3 aliphatic heterocycles. The van der Waals surface area contributed by atoms with Gasteiger partial charge in [-0.1, -0.05) is 0 Å². The fourth-order valence-corrected chi connectivity index (χ4v) is 5.00. The molecule has 3 saturated heterocycles. The summed E-state index contributed by atoms with van der Waals surface area (Å²) in [5.41, 5.74) is 0. The lowest BCUT2D eigenvalue weighted by Gasteiger charge is -2.36. The molecule has 3 rings (SSSR count). The van der Waals surface area contributed by atoms with Gasteiger partial charge < -0.3 is 10.2 Å². The lowest BCUT2D eigenvalue weighted by Crippen LogP contribution is -2.48. The van der Waals surface area contributed by atoms with Crippen molar-refractivity contribution in [3.05, 3.63) is 0 Å². The summed E-state index contributed by atoms with van der Waals surface area (Å²) in [5, 5.41) is 3.87. The molecule has 2 nitrogen and oxygen atoms in total. The highest BCUT2D eigenvalue weighted by atomic mass is 32.2. The molecule has 3 atom stereocenters. The van der Waals surface area contributed by atoms with E-state index in [1.165, 1.54) is 63.9 Å². The molecule has 0 saturated carbocycles. The fourth-order valence-electron chi connectivity index (χ4n) is 3.75. The Morgan fingerprint density at radius 2 is 2.24 bits per heavy atom. The number of hydrogen-bond donors (Lipinski definition) is 1. The van der Waals surface area contributed by atoms with Crippen LogP contribution < -0.4 is 5.32 Å². The van der Waals surface area contributed by atoms with Crippen LogP contribution in [-0.4, -0.2) is 47.1 Å². The van der Waals surface area contributed by atoms with Crippen LogP contribution in [0.4, 0.5) is 0 Å². The zero-order valence-electron chi connectivity index (χ0n) is 11.1. The predicted octanol–water partition coefficient (Wildman–Crippen LogP) is 2.49. The number of nitrogens with one attached hydrogen (secondary N) is 1. The Kier molecular flexibility index (Phi) is 3.69. The van der Waals surface area contributed by atoms with E-state index in [2.05, 4.69) is 28.9 Å². The minimum absolute atomic E-state index is 0.535. The van der Waals surface area contributed by atoms with E-state index in [1.807, 2.05) is 0 Å². The highest BCUT2D eigenvalue weighted by molar-refractivity contribution is 8.00. The lowest BCUT2D eigenvalue weighted by atomic mass is 9.96. The van der Waals surface area contributed by atoms with Crippen LogP contribution in [0.3, 0.4) is 0 Å². The third kappa shape index (κ3) is 2.82. The Morgan fingerprint density at radius 3 is 3.06 bits per heavy atom. The second-order valence-corrected chi connectivity index (χ2v) is 8.02. The largest absolute Gasteiger partial charge is 0.313 e. The SMILES string of the molecule is CC1(CNC2CCN3CCCC3C2)CCCS1. The van der Waals surface area contributed by atoms with Crippen LogP contribution >= 0.6 is 11.8 Å². The molecule has 0 aliphatic carbocycles. The maximum atomic E-state index is 3.87.